The third-order valence-electron chi connectivity index (χ3n) is 2.32. The number of hydrogen-bond donors (Lipinski definition) is 3. The molecule has 0 aliphatic rings. The van der Waals surface area contributed by atoms with Crippen LogP contribution in [0.1, 0.15) is 13.3 Å². The summed E-state index contributed by atoms with van der Waals surface area (Å²) >= 11 is 0. The normalized spacial score (nSPS) is 11.8. The Balaban J connectivity index is 2.18. The van der Waals surface area contributed by atoms with Gasteiger partial charge in [0, 0.05) is 13.1 Å². The van der Waals surface area contributed by atoms with Gasteiger partial charge in [-0.1, -0.05) is 0 Å². The van der Waals surface area contributed by atoms with Gasteiger partial charge < -0.3 is 15.6 Å². The zero-order chi connectivity index (χ0) is 13.9. The summed E-state index contributed by atoms with van der Waals surface area (Å²) in [6, 6.07) is 0. The highest BCUT2D eigenvalue weighted by Gasteiger charge is 2.26. The number of alkyl halides is 3. The van der Waals surface area contributed by atoms with E-state index in [2.05, 4.69) is 30.6 Å². The van der Waals surface area contributed by atoms with E-state index in [0.717, 1.165) is 0 Å². The van der Waals surface area contributed by atoms with Gasteiger partial charge in [-0.3, -0.25) is 0 Å². The molecule has 0 radical (unpaired) electrons. The maximum atomic E-state index is 12.1. The topological polar surface area (TPSA) is 78.5 Å². The molecule has 0 saturated carbocycles. The van der Waals surface area contributed by atoms with Gasteiger partial charge >= 0.3 is 6.18 Å². The van der Waals surface area contributed by atoms with Gasteiger partial charge in [-0.15, -0.1) is 0 Å². The van der Waals surface area contributed by atoms with Crippen molar-refractivity contribution >= 4 is 22.9 Å². The van der Waals surface area contributed by atoms with Crippen LogP contribution in [0.25, 0.3) is 11.2 Å². The molecule has 3 N–H and O–H groups in total. The molecule has 19 heavy (non-hydrogen) atoms. The molecule has 0 amide bonds. The number of halogens is 3. The van der Waals surface area contributed by atoms with Crippen LogP contribution >= 0.6 is 0 Å². The molecule has 0 saturated heterocycles. The van der Waals surface area contributed by atoms with Crippen LogP contribution in [0.4, 0.5) is 24.9 Å². The first-order valence-electron chi connectivity index (χ1n) is 5.75. The molecule has 104 valence electrons. The van der Waals surface area contributed by atoms with E-state index in [9.17, 15) is 13.2 Å². The van der Waals surface area contributed by atoms with Gasteiger partial charge in [-0.2, -0.15) is 23.1 Å². The lowest BCUT2D eigenvalue weighted by atomic mass is 10.4. The minimum Gasteiger partial charge on any atom is -0.368 e. The Labute approximate surface area is 106 Å². The van der Waals surface area contributed by atoms with Crippen molar-refractivity contribution in [3.63, 3.8) is 0 Å². The standard InChI is InChI=1S/C10H13F3N6/c1-2-14-9-18-7(15-4-3-10(11,12)13)6-8(19-9)17-5-16-6/h5H,2-4H2,1H3,(H3,14,15,16,17,18,19). The number of anilines is 2. The molecule has 9 heteroatoms. The fourth-order valence-electron chi connectivity index (χ4n) is 1.52. The third kappa shape index (κ3) is 3.46. The van der Waals surface area contributed by atoms with Crippen molar-refractivity contribution in [2.24, 2.45) is 0 Å². The summed E-state index contributed by atoms with van der Waals surface area (Å²) < 4.78 is 36.3. The number of rotatable bonds is 5. The van der Waals surface area contributed by atoms with E-state index in [1.54, 1.807) is 0 Å². The fraction of sp³-hybridized carbons (Fsp3) is 0.500. The minimum atomic E-state index is -4.20. The Bertz CT molecular complexity index is 550. The Morgan fingerprint density at radius 2 is 2.05 bits per heavy atom. The van der Waals surface area contributed by atoms with E-state index < -0.39 is 12.6 Å². The Hall–Kier alpha value is -2.06. The van der Waals surface area contributed by atoms with E-state index in [4.69, 9.17) is 0 Å². The van der Waals surface area contributed by atoms with Gasteiger partial charge in [0.05, 0.1) is 12.7 Å². The SMILES string of the molecule is CCNc1nc(NCCC(F)(F)F)c2[nH]cnc2n1. The predicted octanol–water partition coefficient (Wildman–Crippen LogP) is 2.15. The minimum absolute atomic E-state index is 0.250. The van der Waals surface area contributed by atoms with Crippen LogP contribution in [-0.2, 0) is 0 Å². The molecular formula is C10H13F3N6. The lowest BCUT2D eigenvalue weighted by Crippen LogP contribution is -2.16. The van der Waals surface area contributed by atoms with Crippen LogP contribution < -0.4 is 10.6 Å². The molecule has 0 bridgehead atoms. The molecule has 6 nitrogen and oxygen atoms in total. The third-order valence-corrected chi connectivity index (χ3v) is 2.32. The van der Waals surface area contributed by atoms with Crippen LogP contribution in [0, 0.1) is 0 Å². The molecule has 0 atom stereocenters. The van der Waals surface area contributed by atoms with Crippen LogP contribution in [0.2, 0.25) is 0 Å². The van der Waals surface area contributed by atoms with Crippen molar-refractivity contribution in [1.82, 2.24) is 19.9 Å². The van der Waals surface area contributed by atoms with E-state index >= 15 is 0 Å². The van der Waals surface area contributed by atoms with Crippen LogP contribution in [0.3, 0.4) is 0 Å². The molecular weight excluding hydrogens is 261 g/mol. The van der Waals surface area contributed by atoms with Gasteiger partial charge in [0.25, 0.3) is 0 Å². The van der Waals surface area contributed by atoms with E-state index in [1.807, 2.05) is 6.92 Å². The smallest absolute Gasteiger partial charge is 0.368 e. The maximum absolute atomic E-state index is 12.1. The zero-order valence-electron chi connectivity index (χ0n) is 10.2. The number of hydrogen-bond acceptors (Lipinski definition) is 5. The number of nitrogens with zero attached hydrogens (tertiary/aromatic N) is 3. The lowest BCUT2D eigenvalue weighted by molar-refractivity contribution is -0.131. The first-order chi connectivity index (χ1) is 8.99. The molecule has 2 aromatic rings. The first kappa shape index (κ1) is 13.4. The van der Waals surface area contributed by atoms with Crippen molar-refractivity contribution in [1.29, 1.82) is 0 Å². The van der Waals surface area contributed by atoms with Crippen molar-refractivity contribution in [3.8, 4) is 0 Å². The molecule has 0 aliphatic carbocycles. The highest BCUT2D eigenvalue weighted by molar-refractivity contribution is 5.83. The molecule has 0 aliphatic heterocycles. The second-order valence-corrected chi connectivity index (χ2v) is 3.82. The Kier molecular flexibility index (Phi) is 3.72. The predicted molar refractivity (Wildman–Crippen MR) is 65.0 cm³/mol. The summed E-state index contributed by atoms with van der Waals surface area (Å²) in [5, 5.41) is 5.54. The molecule has 0 spiro atoms. The summed E-state index contributed by atoms with van der Waals surface area (Å²) in [6.07, 6.45) is -3.70. The van der Waals surface area contributed by atoms with Gasteiger partial charge in [-0.25, -0.2) is 4.98 Å². The van der Waals surface area contributed by atoms with E-state index in [0.29, 0.717) is 29.5 Å². The van der Waals surface area contributed by atoms with Gasteiger partial charge in [0.15, 0.2) is 11.5 Å². The van der Waals surface area contributed by atoms with Crippen LogP contribution in [0.5, 0.6) is 0 Å². The quantitative estimate of drug-likeness (QED) is 0.778. The monoisotopic (exact) mass is 274 g/mol. The van der Waals surface area contributed by atoms with Gasteiger partial charge in [0.1, 0.15) is 5.52 Å². The largest absolute Gasteiger partial charge is 0.390 e. The molecule has 2 aromatic heterocycles. The average Bonchev–Trinajstić information content (AvgIpc) is 2.76. The number of aromatic nitrogens is 4. The molecule has 0 aromatic carbocycles. The second-order valence-electron chi connectivity index (χ2n) is 3.82. The molecule has 0 fully saturated rings. The van der Waals surface area contributed by atoms with Gasteiger partial charge in [0.2, 0.25) is 5.95 Å². The van der Waals surface area contributed by atoms with Crippen molar-refractivity contribution in [2.75, 3.05) is 23.7 Å². The number of aromatic amines is 1. The summed E-state index contributed by atoms with van der Waals surface area (Å²) in [5.74, 6) is 0.638. The van der Waals surface area contributed by atoms with Crippen molar-refractivity contribution < 1.29 is 13.2 Å². The second kappa shape index (κ2) is 5.29. The summed E-state index contributed by atoms with van der Waals surface area (Å²) in [4.78, 5) is 15.0. The number of fused-ring (bicyclic) bond motifs is 1. The highest BCUT2D eigenvalue weighted by atomic mass is 19.4. The van der Waals surface area contributed by atoms with Crippen molar-refractivity contribution in [2.45, 2.75) is 19.5 Å². The van der Waals surface area contributed by atoms with Crippen molar-refractivity contribution in [3.05, 3.63) is 6.33 Å². The average molecular weight is 274 g/mol. The highest BCUT2D eigenvalue weighted by Crippen LogP contribution is 2.21. The summed E-state index contributed by atoms with van der Waals surface area (Å²) in [5.41, 5.74) is 0.893. The Morgan fingerprint density at radius 1 is 1.26 bits per heavy atom. The first-order valence-corrected chi connectivity index (χ1v) is 5.75. The maximum Gasteiger partial charge on any atom is 0.390 e. The van der Waals surface area contributed by atoms with E-state index in [-0.39, 0.29) is 6.54 Å². The lowest BCUT2D eigenvalue weighted by Gasteiger charge is -2.10. The fourth-order valence-corrected chi connectivity index (χ4v) is 1.52. The molecule has 0 unspecified atom stereocenters. The molecule has 2 rings (SSSR count). The van der Waals surface area contributed by atoms with Crippen LogP contribution in [0.15, 0.2) is 6.33 Å². The Morgan fingerprint density at radius 3 is 2.74 bits per heavy atom. The summed E-state index contributed by atoms with van der Waals surface area (Å²) in [6.45, 7) is 2.23. The summed E-state index contributed by atoms with van der Waals surface area (Å²) in [7, 11) is 0. The number of nitrogens with one attached hydrogen (secondary N) is 3. The number of H-pyrrole nitrogens is 1. The zero-order valence-corrected chi connectivity index (χ0v) is 10.2. The van der Waals surface area contributed by atoms with Gasteiger partial charge in [-0.05, 0) is 6.92 Å². The van der Waals surface area contributed by atoms with Crippen LogP contribution in [-0.4, -0.2) is 39.2 Å². The molecule has 2 heterocycles. The number of imidazole rings is 1. The van der Waals surface area contributed by atoms with E-state index in [1.165, 1.54) is 6.33 Å².